The maximum Gasteiger partial charge on any atom is 0.303 e. The molecule has 0 saturated heterocycles. The van der Waals surface area contributed by atoms with Gasteiger partial charge < -0.3 is 5.11 Å². The normalized spacial score (nSPS) is 9.61. The van der Waals surface area contributed by atoms with Crippen LogP contribution in [-0.2, 0) is 4.79 Å². The zero-order valence-corrected chi connectivity index (χ0v) is 12.3. The summed E-state index contributed by atoms with van der Waals surface area (Å²) in [4.78, 5) is 10.3. The maximum absolute atomic E-state index is 10.3. The zero-order chi connectivity index (χ0) is 14.1. The van der Waals surface area contributed by atoms with Gasteiger partial charge in [-0.3, -0.25) is 4.79 Å². The second kappa shape index (κ2) is 18.6. The SMILES string of the molecule is C=C.CCCCCCCCCCCCCC(=O)O. The van der Waals surface area contributed by atoms with E-state index < -0.39 is 5.97 Å². The van der Waals surface area contributed by atoms with Gasteiger partial charge in [-0.2, -0.15) is 0 Å². The van der Waals surface area contributed by atoms with Crippen molar-refractivity contribution in [2.75, 3.05) is 0 Å². The number of aliphatic carboxylic acids is 1. The predicted octanol–water partition coefficient (Wildman–Crippen LogP) is 5.57. The highest BCUT2D eigenvalue weighted by atomic mass is 16.4. The Balaban J connectivity index is 0. The summed E-state index contributed by atoms with van der Waals surface area (Å²) in [5, 5.41) is 8.46. The van der Waals surface area contributed by atoms with Crippen LogP contribution in [0.3, 0.4) is 0 Å². The van der Waals surface area contributed by atoms with Crippen molar-refractivity contribution >= 4 is 5.97 Å². The molecule has 0 aliphatic heterocycles. The molecule has 0 fully saturated rings. The Kier molecular flexibility index (Phi) is 20.2. The lowest BCUT2D eigenvalue weighted by molar-refractivity contribution is -0.137. The average Bonchev–Trinajstić information content (AvgIpc) is 2.38. The largest absolute Gasteiger partial charge is 0.481 e. The fourth-order valence-corrected chi connectivity index (χ4v) is 1.94. The zero-order valence-electron chi connectivity index (χ0n) is 12.3. The first kappa shape index (κ1) is 19.5. The van der Waals surface area contributed by atoms with E-state index in [9.17, 15) is 4.79 Å². The quantitative estimate of drug-likeness (QED) is 0.366. The molecule has 0 spiro atoms. The van der Waals surface area contributed by atoms with Gasteiger partial charge in [0.05, 0.1) is 0 Å². The molecule has 0 aromatic rings. The number of hydrogen-bond acceptors (Lipinski definition) is 1. The van der Waals surface area contributed by atoms with Crippen molar-refractivity contribution < 1.29 is 9.90 Å². The van der Waals surface area contributed by atoms with Crippen LogP contribution in [0.4, 0.5) is 0 Å². The molecule has 18 heavy (non-hydrogen) atoms. The van der Waals surface area contributed by atoms with Crippen LogP contribution in [0.15, 0.2) is 13.2 Å². The van der Waals surface area contributed by atoms with Gasteiger partial charge in [-0.05, 0) is 6.42 Å². The van der Waals surface area contributed by atoms with Gasteiger partial charge in [0.2, 0.25) is 0 Å². The summed E-state index contributed by atoms with van der Waals surface area (Å²) in [6.45, 7) is 8.25. The van der Waals surface area contributed by atoms with Crippen molar-refractivity contribution in [2.45, 2.75) is 84.0 Å². The first-order valence-electron chi connectivity index (χ1n) is 7.49. The van der Waals surface area contributed by atoms with Crippen LogP contribution in [0.1, 0.15) is 84.0 Å². The highest BCUT2D eigenvalue weighted by Crippen LogP contribution is 2.11. The summed E-state index contributed by atoms with van der Waals surface area (Å²) in [5.74, 6) is -0.657. The van der Waals surface area contributed by atoms with Crippen molar-refractivity contribution in [1.82, 2.24) is 0 Å². The molecule has 0 bridgehead atoms. The predicted molar refractivity (Wildman–Crippen MR) is 80.0 cm³/mol. The Morgan fingerprint density at radius 1 is 0.778 bits per heavy atom. The minimum absolute atomic E-state index is 0.344. The molecule has 0 aliphatic carbocycles. The Bertz CT molecular complexity index is 166. The van der Waals surface area contributed by atoms with Crippen LogP contribution in [0.25, 0.3) is 0 Å². The topological polar surface area (TPSA) is 37.3 Å². The minimum atomic E-state index is -0.657. The van der Waals surface area contributed by atoms with E-state index in [2.05, 4.69) is 20.1 Å². The molecule has 2 nitrogen and oxygen atoms in total. The van der Waals surface area contributed by atoms with Gasteiger partial charge >= 0.3 is 5.97 Å². The van der Waals surface area contributed by atoms with Crippen LogP contribution in [0.5, 0.6) is 0 Å². The van der Waals surface area contributed by atoms with Crippen LogP contribution in [-0.4, -0.2) is 11.1 Å². The van der Waals surface area contributed by atoms with E-state index in [0.29, 0.717) is 6.42 Å². The molecular weight excluding hydrogens is 224 g/mol. The minimum Gasteiger partial charge on any atom is -0.481 e. The molecule has 0 amide bonds. The number of unbranched alkanes of at least 4 members (excludes halogenated alkanes) is 10. The average molecular weight is 256 g/mol. The van der Waals surface area contributed by atoms with Crippen molar-refractivity contribution in [2.24, 2.45) is 0 Å². The molecule has 0 aliphatic rings. The highest BCUT2D eigenvalue weighted by molar-refractivity contribution is 5.66. The molecule has 0 heterocycles. The molecular formula is C16H32O2. The van der Waals surface area contributed by atoms with E-state index in [-0.39, 0.29) is 0 Å². The molecule has 0 aromatic carbocycles. The Morgan fingerprint density at radius 2 is 1.11 bits per heavy atom. The second-order valence-electron chi connectivity index (χ2n) is 4.68. The van der Waals surface area contributed by atoms with Gasteiger partial charge in [-0.15, -0.1) is 13.2 Å². The van der Waals surface area contributed by atoms with Crippen molar-refractivity contribution in [1.29, 1.82) is 0 Å². The summed E-state index contributed by atoms with van der Waals surface area (Å²) in [6, 6.07) is 0. The molecule has 2 heteroatoms. The summed E-state index contributed by atoms with van der Waals surface area (Å²) in [6.07, 6.45) is 14.4. The van der Waals surface area contributed by atoms with Gasteiger partial charge in [0.1, 0.15) is 0 Å². The summed E-state index contributed by atoms with van der Waals surface area (Å²) >= 11 is 0. The lowest BCUT2D eigenvalue weighted by Crippen LogP contribution is -1.93. The fraction of sp³-hybridized carbons (Fsp3) is 0.812. The molecule has 108 valence electrons. The molecule has 1 N–H and O–H groups in total. The van der Waals surface area contributed by atoms with Crippen LogP contribution < -0.4 is 0 Å². The van der Waals surface area contributed by atoms with Crippen molar-refractivity contribution in [3.63, 3.8) is 0 Å². The van der Waals surface area contributed by atoms with Gasteiger partial charge in [-0.1, -0.05) is 71.1 Å². The molecule has 0 radical (unpaired) electrons. The van der Waals surface area contributed by atoms with E-state index >= 15 is 0 Å². The third-order valence-electron chi connectivity index (χ3n) is 2.99. The van der Waals surface area contributed by atoms with E-state index in [0.717, 1.165) is 12.8 Å². The Labute approximate surface area is 113 Å². The third-order valence-corrected chi connectivity index (χ3v) is 2.99. The molecule has 0 aromatic heterocycles. The third kappa shape index (κ3) is 20.6. The molecule has 0 unspecified atom stereocenters. The Morgan fingerprint density at radius 3 is 1.44 bits per heavy atom. The van der Waals surface area contributed by atoms with E-state index in [1.807, 2.05) is 0 Å². The lowest BCUT2D eigenvalue weighted by atomic mass is 10.1. The van der Waals surface area contributed by atoms with Crippen LogP contribution >= 0.6 is 0 Å². The molecule has 0 rings (SSSR count). The summed E-state index contributed by atoms with van der Waals surface area (Å²) in [5.41, 5.74) is 0. The van der Waals surface area contributed by atoms with E-state index in [1.54, 1.807) is 0 Å². The van der Waals surface area contributed by atoms with Gasteiger partial charge in [0.25, 0.3) is 0 Å². The maximum atomic E-state index is 10.3. The summed E-state index contributed by atoms with van der Waals surface area (Å²) < 4.78 is 0. The standard InChI is InChI=1S/C14H28O2.C2H4/c1-2-3-4-5-6-7-8-9-10-11-12-13-14(15)16;1-2/h2-13H2,1H3,(H,15,16);1-2H2. The first-order valence-corrected chi connectivity index (χ1v) is 7.49. The lowest BCUT2D eigenvalue weighted by Gasteiger charge is -2.01. The van der Waals surface area contributed by atoms with Crippen molar-refractivity contribution in [3.05, 3.63) is 13.2 Å². The summed E-state index contributed by atoms with van der Waals surface area (Å²) in [7, 11) is 0. The number of hydrogen-bond donors (Lipinski definition) is 1. The van der Waals surface area contributed by atoms with Gasteiger partial charge in [0, 0.05) is 6.42 Å². The highest BCUT2D eigenvalue weighted by Gasteiger charge is 1.96. The van der Waals surface area contributed by atoms with Gasteiger partial charge in [-0.25, -0.2) is 0 Å². The van der Waals surface area contributed by atoms with E-state index in [4.69, 9.17) is 5.11 Å². The second-order valence-corrected chi connectivity index (χ2v) is 4.68. The number of carboxylic acid groups (broad SMARTS) is 1. The van der Waals surface area contributed by atoms with Crippen LogP contribution in [0.2, 0.25) is 0 Å². The smallest absolute Gasteiger partial charge is 0.303 e. The van der Waals surface area contributed by atoms with Gasteiger partial charge in [0.15, 0.2) is 0 Å². The number of carboxylic acids is 1. The van der Waals surface area contributed by atoms with Crippen molar-refractivity contribution in [3.8, 4) is 0 Å². The molecule has 0 atom stereocenters. The van der Waals surface area contributed by atoms with Crippen LogP contribution in [0, 0.1) is 0 Å². The molecule has 0 saturated carbocycles. The number of carbonyl (C=O) groups is 1. The monoisotopic (exact) mass is 256 g/mol. The first-order chi connectivity index (χ1) is 8.77. The fourth-order valence-electron chi connectivity index (χ4n) is 1.94. The van der Waals surface area contributed by atoms with E-state index in [1.165, 1.54) is 57.8 Å². The number of rotatable bonds is 12. The Hall–Kier alpha value is -0.790.